The summed E-state index contributed by atoms with van der Waals surface area (Å²) in [5, 5.41) is 12.1. The van der Waals surface area contributed by atoms with Crippen LogP contribution < -0.4 is 5.43 Å². The monoisotopic (exact) mass is 357 g/mol. The number of carbonyl (C=O) groups is 1. The summed E-state index contributed by atoms with van der Waals surface area (Å²) >= 11 is 0. The summed E-state index contributed by atoms with van der Waals surface area (Å²) < 4.78 is 0. The van der Waals surface area contributed by atoms with Gasteiger partial charge in [-0.1, -0.05) is 48.0 Å². The minimum atomic E-state index is -0.338. The molecule has 4 rings (SSSR count). The second-order valence-corrected chi connectivity index (χ2v) is 6.44. The van der Waals surface area contributed by atoms with Crippen LogP contribution in [0.5, 0.6) is 0 Å². The van der Waals surface area contributed by atoms with Gasteiger partial charge in [0.15, 0.2) is 0 Å². The van der Waals surface area contributed by atoms with Crippen molar-refractivity contribution in [3.8, 4) is 11.3 Å². The first kappa shape index (κ1) is 16.8. The maximum absolute atomic E-state index is 12.3. The number of rotatable bonds is 4. The number of nitrogens with zero attached hydrogens (tertiary/aromatic N) is 2. The number of para-hydroxylation sites is 1. The van der Waals surface area contributed by atoms with Crippen LogP contribution in [0.2, 0.25) is 0 Å². The Labute approximate surface area is 156 Å². The summed E-state index contributed by atoms with van der Waals surface area (Å²) in [7, 11) is 0. The highest BCUT2D eigenvalue weighted by atomic mass is 16.2. The Balaban J connectivity index is 1.49. The average molecular weight is 357 g/mol. The van der Waals surface area contributed by atoms with Crippen LogP contribution in [-0.4, -0.2) is 27.3 Å². The summed E-state index contributed by atoms with van der Waals surface area (Å²) in [6.45, 7) is 4.01. The molecule has 27 heavy (non-hydrogen) atoms. The zero-order valence-electron chi connectivity index (χ0n) is 15.1. The predicted octanol–water partition coefficient (Wildman–Crippen LogP) is 3.94. The number of H-pyrrole nitrogens is 2. The lowest BCUT2D eigenvalue weighted by Gasteiger charge is -1.97. The number of aryl methyl sites for hydroxylation is 2. The fourth-order valence-electron chi connectivity index (χ4n) is 2.99. The quantitative estimate of drug-likeness (QED) is 0.382. The standard InChI is InChI=1S/C21H19N5O/c1-13-7-9-15(10-8-13)19-11-20(25-24-19)21(27)26-22-12-17-14(2)23-18-6-4-3-5-16(17)18/h3-12,23H,1-2H3,(H,24,25)(H,26,27). The molecule has 6 heteroatoms. The fourth-order valence-corrected chi connectivity index (χ4v) is 2.99. The second-order valence-electron chi connectivity index (χ2n) is 6.44. The topological polar surface area (TPSA) is 85.9 Å². The molecule has 0 saturated heterocycles. The number of carbonyl (C=O) groups excluding carboxylic acids is 1. The molecule has 1 amide bonds. The second kappa shape index (κ2) is 6.92. The molecule has 0 aliphatic rings. The van der Waals surface area contributed by atoms with Gasteiger partial charge in [0, 0.05) is 27.7 Å². The lowest BCUT2D eigenvalue weighted by molar-refractivity contribution is 0.0950. The van der Waals surface area contributed by atoms with E-state index < -0.39 is 0 Å². The van der Waals surface area contributed by atoms with E-state index in [1.54, 1.807) is 12.3 Å². The van der Waals surface area contributed by atoms with Gasteiger partial charge in [0.05, 0.1) is 11.9 Å². The molecule has 2 aromatic heterocycles. The van der Waals surface area contributed by atoms with Crippen LogP contribution in [0.3, 0.4) is 0 Å². The van der Waals surface area contributed by atoms with E-state index in [0.29, 0.717) is 5.69 Å². The molecule has 0 bridgehead atoms. The van der Waals surface area contributed by atoms with Gasteiger partial charge in [-0.25, -0.2) is 5.43 Å². The van der Waals surface area contributed by atoms with Crippen LogP contribution in [0, 0.1) is 13.8 Å². The Bertz CT molecular complexity index is 1140. The van der Waals surface area contributed by atoms with Gasteiger partial charge in [-0.05, 0) is 26.0 Å². The molecular weight excluding hydrogens is 338 g/mol. The minimum absolute atomic E-state index is 0.338. The molecule has 134 valence electrons. The molecule has 6 nitrogen and oxygen atoms in total. The van der Waals surface area contributed by atoms with Crippen molar-refractivity contribution in [1.29, 1.82) is 0 Å². The van der Waals surface area contributed by atoms with Crippen molar-refractivity contribution < 1.29 is 4.79 Å². The average Bonchev–Trinajstić information content (AvgIpc) is 3.27. The molecule has 0 spiro atoms. The van der Waals surface area contributed by atoms with Crippen molar-refractivity contribution >= 4 is 23.0 Å². The van der Waals surface area contributed by atoms with Crippen LogP contribution in [0.15, 0.2) is 59.7 Å². The molecule has 0 aliphatic heterocycles. The molecule has 0 atom stereocenters. The summed E-state index contributed by atoms with van der Waals surface area (Å²) in [6, 6.07) is 17.7. The Morgan fingerprint density at radius 1 is 1.11 bits per heavy atom. The summed E-state index contributed by atoms with van der Waals surface area (Å²) in [4.78, 5) is 15.6. The molecule has 2 heterocycles. The van der Waals surface area contributed by atoms with Crippen LogP contribution in [0.4, 0.5) is 0 Å². The molecule has 0 aliphatic carbocycles. The highest BCUT2D eigenvalue weighted by Gasteiger charge is 2.11. The number of hydrazone groups is 1. The Hall–Kier alpha value is -3.67. The number of hydrogen-bond acceptors (Lipinski definition) is 3. The van der Waals surface area contributed by atoms with Gasteiger partial charge >= 0.3 is 0 Å². The highest BCUT2D eigenvalue weighted by molar-refractivity contribution is 6.01. The number of benzene rings is 2. The number of aromatic amines is 2. The summed E-state index contributed by atoms with van der Waals surface area (Å²) in [5.41, 5.74) is 8.75. The highest BCUT2D eigenvalue weighted by Crippen LogP contribution is 2.20. The molecule has 0 saturated carbocycles. The normalized spacial score (nSPS) is 11.3. The van der Waals surface area contributed by atoms with E-state index in [-0.39, 0.29) is 5.91 Å². The van der Waals surface area contributed by atoms with E-state index in [2.05, 4.69) is 25.7 Å². The first-order chi connectivity index (χ1) is 13.1. The van der Waals surface area contributed by atoms with E-state index in [1.807, 2.05) is 62.4 Å². The van der Waals surface area contributed by atoms with Gasteiger partial charge in [0.2, 0.25) is 0 Å². The number of aromatic nitrogens is 3. The van der Waals surface area contributed by atoms with Crippen LogP contribution in [0.25, 0.3) is 22.2 Å². The van der Waals surface area contributed by atoms with E-state index in [0.717, 1.165) is 33.4 Å². The van der Waals surface area contributed by atoms with E-state index in [4.69, 9.17) is 0 Å². The fraction of sp³-hybridized carbons (Fsp3) is 0.0952. The first-order valence-corrected chi connectivity index (χ1v) is 8.65. The first-order valence-electron chi connectivity index (χ1n) is 8.65. The van der Waals surface area contributed by atoms with Crippen molar-refractivity contribution in [2.24, 2.45) is 5.10 Å². The van der Waals surface area contributed by atoms with Gasteiger partial charge in [0.1, 0.15) is 5.69 Å². The predicted molar refractivity (Wildman–Crippen MR) is 107 cm³/mol. The number of fused-ring (bicyclic) bond motifs is 1. The van der Waals surface area contributed by atoms with Gasteiger partial charge in [-0.15, -0.1) is 0 Å². The summed E-state index contributed by atoms with van der Waals surface area (Å²) in [6.07, 6.45) is 1.66. The molecule has 4 aromatic rings. The van der Waals surface area contributed by atoms with E-state index >= 15 is 0 Å². The Morgan fingerprint density at radius 3 is 2.70 bits per heavy atom. The summed E-state index contributed by atoms with van der Waals surface area (Å²) in [5.74, 6) is -0.338. The molecule has 0 radical (unpaired) electrons. The van der Waals surface area contributed by atoms with E-state index in [9.17, 15) is 4.79 Å². The number of hydrogen-bond donors (Lipinski definition) is 3. The van der Waals surface area contributed by atoms with Gasteiger partial charge < -0.3 is 4.98 Å². The van der Waals surface area contributed by atoms with Crippen molar-refractivity contribution in [2.75, 3.05) is 0 Å². The number of nitrogens with one attached hydrogen (secondary N) is 3. The third kappa shape index (κ3) is 3.37. The molecular formula is C21H19N5O. The van der Waals surface area contributed by atoms with Crippen molar-refractivity contribution in [2.45, 2.75) is 13.8 Å². The largest absolute Gasteiger partial charge is 0.358 e. The van der Waals surface area contributed by atoms with Gasteiger partial charge in [-0.2, -0.15) is 10.2 Å². The SMILES string of the molecule is Cc1ccc(-c2cc(C(=O)NN=Cc3c(C)[nH]c4ccccc34)[nH]n2)cc1. The van der Waals surface area contributed by atoms with Crippen molar-refractivity contribution in [1.82, 2.24) is 20.6 Å². The van der Waals surface area contributed by atoms with Gasteiger partial charge in [0.25, 0.3) is 5.91 Å². The van der Waals surface area contributed by atoms with Crippen molar-refractivity contribution in [3.63, 3.8) is 0 Å². The molecule has 3 N–H and O–H groups in total. The minimum Gasteiger partial charge on any atom is -0.358 e. The lowest BCUT2D eigenvalue weighted by atomic mass is 10.1. The zero-order chi connectivity index (χ0) is 18.8. The van der Waals surface area contributed by atoms with E-state index in [1.165, 1.54) is 5.56 Å². The van der Waals surface area contributed by atoms with Gasteiger partial charge in [-0.3, -0.25) is 9.89 Å². The Kier molecular flexibility index (Phi) is 4.30. The number of amides is 1. The third-order valence-corrected chi connectivity index (χ3v) is 4.47. The Morgan fingerprint density at radius 2 is 1.89 bits per heavy atom. The maximum atomic E-state index is 12.3. The third-order valence-electron chi connectivity index (χ3n) is 4.47. The molecule has 0 unspecified atom stereocenters. The maximum Gasteiger partial charge on any atom is 0.289 e. The van der Waals surface area contributed by atoms with Crippen molar-refractivity contribution in [3.05, 3.63) is 77.1 Å². The smallest absolute Gasteiger partial charge is 0.289 e. The molecule has 2 aromatic carbocycles. The molecule has 0 fully saturated rings. The van der Waals surface area contributed by atoms with Crippen LogP contribution in [0.1, 0.15) is 27.3 Å². The van der Waals surface area contributed by atoms with Crippen LogP contribution in [-0.2, 0) is 0 Å². The zero-order valence-corrected chi connectivity index (χ0v) is 15.1. The van der Waals surface area contributed by atoms with Crippen LogP contribution >= 0.6 is 0 Å². The lowest BCUT2D eigenvalue weighted by Crippen LogP contribution is -2.18.